The van der Waals surface area contributed by atoms with Crippen LogP contribution in [0.5, 0.6) is 0 Å². The second-order valence-electron chi connectivity index (χ2n) is 6.49. The lowest BCUT2D eigenvalue weighted by atomic mass is 9.96. The van der Waals surface area contributed by atoms with Crippen molar-refractivity contribution in [3.63, 3.8) is 0 Å². The van der Waals surface area contributed by atoms with Gasteiger partial charge in [-0.15, -0.1) is 0 Å². The van der Waals surface area contributed by atoms with Crippen molar-refractivity contribution in [3.05, 3.63) is 39.9 Å². The molecule has 3 rings (SSSR count). The highest BCUT2D eigenvalue weighted by Gasteiger charge is 2.31. The second-order valence-corrected chi connectivity index (χ2v) is 6.49. The maximum absolute atomic E-state index is 12.6. The molecule has 2 saturated heterocycles. The number of carbonyl (C=O) groups is 1. The molecular formula is C17H23N3O3. The van der Waals surface area contributed by atoms with Crippen LogP contribution in [0.1, 0.15) is 31.2 Å². The van der Waals surface area contributed by atoms with Crippen LogP contribution in [-0.2, 0) is 11.3 Å². The van der Waals surface area contributed by atoms with Gasteiger partial charge in [0.25, 0.3) is 5.69 Å². The maximum atomic E-state index is 12.6. The lowest BCUT2D eigenvalue weighted by Crippen LogP contribution is -2.43. The zero-order valence-corrected chi connectivity index (χ0v) is 13.3. The van der Waals surface area contributed by atoms with E-state index in [9.17, 15) is 14.9 Å². The Hall–Kier alpha value is -1.95. The van der Waals surface area contributed by atoms with Crippen LogP contribution in [-0.4, -0.2) is 46.8 Å². The van der Waals surface area contributed by atoms with Gasteiger partial charge in [0.1, 0.15) is 0 Å². The number of benzene rings is 1. The van der Waals surface area contributed by atoms with Crippen LogP contribution in [0.3, 0.4) is 0 Å². The summed E-state index contributed by atoms with van der Waals surface area (Å²) in [6, 6.07) is 6.88. The molecule has 6 nitrogen and oxygen atoms in total. The predicted octanol–water partition coefficient (Wildman–Crippen LogP) is 2.43. The van der Waals surface area contributed by atoms with Crippen molar-refractivity contribution in [2.45, 2.75) is 32.2 Å². The van der Waals surface area contributed by atoms with Gasteiger partial charge in [-0.3, -0.25) is 19.8 Å². The lowest BCUT2D eigenvalue weighted by Gasteiger charge is -2.33. The molecule has 0 bridgehead atoms. The Morgan fingerprint density at radius 2 is 1.91 bits per heavy atom. The minimum Gasteiger partial charge on any atom is -0.342 e. The number of para-hydroxylation sites is 1. The Morgan fingerprint density at radius 1 is 1.17 bits per heavy atom. The first-order chi connectivity index (χ1) is 11.1. The molecule has 2 aliphatic rings. The minimum absolute atomic E-state index is 0.0459. The molecule has 0 unspecified atom stereocenters. The second kappa shape index (κ2) is 7.08. The molecule has 23 heavy (non-hydrogen) atoms. The Balaban J connectivity index is 1.65. The largest absolute Gasteiger partial charge is 0.342 e. The van der Waals surface area contributed by atoms with Crippen LogP contribution in [0.15, 0.2) is 24.3 Å². The molecule has 6 heteroatoms. The molecule has 1 amide bonds. The molecule has 2 fully saturated rings. The predicted molar refractivity (Wildman–Crippen MR) is 86.9 cm³/mol. The number of amides is 1. The molecular weight excluding hydrogens is 294 g/mol. The molecule has 0 N–H and O–H groups in total. The summed E-state index contributed by atoms with van der Waals surface area (Å²) in [6.45, 7) is 3.93. The van der Waals surface area contributed by atoms with Crippen LogP contribution in [0.4, 0.5) is 5.69 Å². The first-order valence-corrected chi connectivity index (χ1v) is 8.38. The van der Waals surface area contributed by atoms with Crippen molar-refractivity contribution in [1.82, 2.24) is 9.80 Å². The van der Waals surface area contributed by atoms with E-state index in [0.29, 0.717) is 13.1 Å². The van der Waals surface area contributed by atoms with E-state index < -0.39 is 0 Å². The molecule has 2 heterocycles. The van der Waals surface area contributed by atoms with Gasteiger partial charge in [-0.1, -0.05) is 18.2 Å². The van der Waals surface area contributed by atoms with Gasteiger partial charge in [-0.05, 0) is 32.2 Å². The zero-order valence-electron chi connectivity index (χ0n) is 13.3. The Labute approximate surface area is 136 Å². The smallest absolute Gasteiger partial charge is 0.273 e. The number of rotatable bonds is 4. The van der Waals surface area contributed by atoms with Gasteiger partial charge in [-0.2, -0.15) is 0 Å². The van der Waals surface area contributed by atoms with Gasteiger partial charge in [0, 0.05) is 37.8 Å². The number of hydrogen-bond acceptors (Lipinski definition) is 4. The molecule has 0 saturated carbocycles. The third-order valence-corrected chi connectivity index (χ3v) is 4.85. The summed E-state index contributed by atoms with van der Waals surface area (Å²) in [5.41, 5.74) is 0.896. The first kappa shape index (κ1) is 15.9. The van der Waals surface area contributed by atoms with Crippen LogP contribution in [0.25, 0.3) is 0 Å². The van der Waals surface area contributed by atoms with Crippen molar-refractivity contribution in [1.29, 1.82) is 0 Å². The standard InChI is InChI=1S/C17H23N3O3/c21-17(19-10-3-4-11-19)15-7-5-9-18(13-15)12-14-6-1-2-8-16(14)20(22)23/h1-2,6,8,15H,3-5,7,9-13H2/t15-/m1/s1. The van der Waals surface area contributed by atoms with Gasteiger partial charge >= 0.3 is 0 Å². The average molecular weight is 317 g/mol. The van der Waals surface area contributed by atoms with E-state index in [1.807, 2.05) is 17.0 Å². The molecule has 0 aromatic heterocycles. The van der Waals surface area contributed by atoms with Gasteiger partial charge in [0.15, 0.2) is 0 Å². The first-order valence-electron chi connectivity index (χ1n) is 8.38. The topological polar surface area (TPSA) is 66.7 Å². The number of nitro benzene ring substituents is 1. The van der Waals surface area contributed by atoms with E-state index in [1.165, 1.54) is 0 Å². The third-order valence-electron chi connectivity index (χ3n) is 4.85. The van der Waals surface area contributed by atoms with Crippen molar-refractivity contribution in [3.8, 4) is 0 Å². The number of carbonyl (C=O) groups excluding carboxylic acids is 1. The number of nitrogens with zero attached hydrogens (tertiary/aromatic N) is 3. The molecule has 2 aliphatic heterocycles. The number of hydrogen-bond donors (Lipinski definition) is 0. The van der Waals surface area contributed by atoms with Gasteiger partial charge in [0.2, 0.25) is 5.91 Å². The fourth-order valence-corrected chi connectivity index (χ4v) is 3.66. The van der Waals surface area contributed by atoms with E-state index >= 15 is 0 Å². The number of nitro groups is 1. The molecule has 1 aromatic rings. The third kappa shape index (κ3) is 3.69. The average Bonchev–Trinajstić information content (AvgIpc) is 3.09. The van der Waals surface area contributed by atoms with Crippen LogP contribution in [0.2, 0.25) is 0 Å². The fraction of sp³-hybridized carbons (Fsp3) is 0.588. The molecule has 0 spiro atoms. The van der Waals surface area contributed by atoms with Crippen molar-refractivity contribution < 1.29 is 9.72 Å². The summed E-state index contributed by atoms with van der Waals surface area (Å²) >= 11 is 0. The number of likely N-dealkylation sites (tertiary alicyclic amines) is 2. The molecule has 0 radical (unpaired) electrons. The van der Waals surface area contributed by atoms with E-state index in [4.69, 9.17) is 0 Å². The Bertz CT molecular complexity index is 584. The van der Waals surface area contributed by atoms with Gasteiger partial charge in [0.05, 0.1) is 10.8 Å². The van der Waals surface area contributed by atoms with Crippen molar-refractivity contribution in [2.75, 3.05) is 26.2 Å². The Morgan fingerprint density at radius 3 is 2.65 bits per heavy atom. The lowest BCUT2D eigenvalue weighted by molar-refractivity contribution is -0.385. The maximum Gasteiger partial charge on any atom is 0.273 e. The highest BCUT2D eigenvalue weighted by atomic mass is 16.6. The Kier molecular flexibility index (Phi) is 4.91. The monoisotopic (exact) mass is 317 g/mol. The van der Waals surface area contributed by atoms with E-state index in [1.54, 1.807) is 12.1 Å². The molecule has 124 valence electrons. The SMILES string of the molecule is O=C([C@@H]1CCCN(Cc2ccccc2[N+](=O)[O-])C1)N1CCCC1. The van der Waals surface area contributed by atoms with E-state index in [-0.39, 0.29) is 22.4 Å². The van der Waals surface area contributed by atoms with Crippen molar-refractivity contribution >= 4 is 11.6 Å². The quantitative estimate of drug-likeness (QED) is 0.632. The molecule has 0 aliphatic carbocycles. The summed E-state index contributed by atoms with van der Waals surface area (Å²) in [4.78, 5) is 27.5. The van der Waals surface area contributed by atoms with Crippen LogP contribution in [0, 0.1) is 16.0 Å². The summed E-state index contributed by atoms with van der Waals surface area (Å²) in [7, 11) is 0. The van der Waals surface area contributed by atoms with E-state index in [0.717, 1.165) is 50.9 Å². The molecule has 1 aromatic carbocycles. The zero-order chi connectivity index (χ0) is 16.2. The normalized spacial score (nSPS) is 22.3. The summed E-state index contributed by atoms with van der Waals surface area (Å²) < 4.78 is 0. The highest BCUT2D eigenvalue weighted by Crippen LogP contribution is 2.25. The fourth-order valence-electron chi connectivity index (χ4n) is 3.66. The summed E-state index contributed by atoms with van der Waals surface area (Å²) in [5.74, 6) is 0.319. The van der Waals surface area contributed by atoms with Crippen LogP contribution < -0.4 is 0 Å². The molecule has 1 atom stereocenters. The minimum atomic E-state index is -0.327. The van der Waals surface area contributed by atoms with E-state index in [2.05, 4.69) is 4.90 Å². The number of piperidine rings is 1. The van der Waals surface area contributed by atoms with Crippen LogP contribution >= 0.6 is 0 Å². The highest BCUT2D eigenvalue weighted by molar-refractivity contribution is 5.79. The summed E-state index contributed by atoms with van der Waals surface area (Å²) in [6.07, 6.45) is 4.13. The van der Waals surface area contributed by atoms with Gasteiger partial charge < -0.3 is 4.90 Å². The van der Waals surface area contributed by atoms with Gasteiger partial charge in [-0.25, -0.2) is 0 Å². The summed E-state index contributed by atoms with van der Waals surface area (Å²) in [5, 5.41) is 11.1. The van der Waals surface area contributed by atoms with Crippen molar-refractivity contribution in [2.24, 2.45) is 5.92 Å².